The molecule has 2 fully saturated rings. The van der Waals surface area contributed by atoms with Crippen LogP contribution in [0.15, 0.2) is 22.7 Å². The van der Waals surface area contributed by atoms with E-state index in [-0.39, 0.29) is 57.2 Å². The van der Waals surface area contributed by atoms with Crippen LogP contribution in [0.5, 0.6) is 0 Å². The van der Waals surface area contributed by atoms with Crippen molar-refractivity contribution in [2.75, 3.05) is 0 Å². The summed E-state index contributed by atoms with van der Waals surface area (Å²) in [6.45, 7) is 4.97. The Morgan fingerprint density at radius 2 is 2.06 bits per heavy atom. The van der Waals surface area contributed by atoms with Crippen molar-refractivity contribution < 1.29 is 28.4 Å². The molecule has 2 aliphatic heterocycles. The summed E-state index contributed by atoms with van der Waals surface area (Å²) in [4.78, 5) is 38.5. The number of rotatable bonds is 4. The molecule has 0 bridgehead atoms. The fraction of sp³-hybridized carbons (Fsp3) is 0.368. The Labute approximate surface area is 208 Å². The molecule has 0 radical (unpaired) electrons. The molecule has 2 amide bonds. The zero-order valence-corrected chi connectivity index (χ0v) is 17.7. The predicted molar refractivity (Wildman–Crippen MR) is 114 cm³/mol. The van der Waals surface area contributed by atoms with Crippen molar-refractivity contribution in [1.82, 2.24) is 15.4 Å². The van der Waals surface area contributed by atoms with Gasteiger partial charge in [-0.1, -0.05) is 22.8 Å². The number of aryl methyl sites for hydroxylation is 1. The van der Waals surface area contributed by atoms with E-state index in [4.69, 9.17) is 16.1 Å². The molecule has 2 aromatic rings. The first-order valence-electron chi connectivity index (χ1n) is 8.99. The van der Waals surface area contributed by atoms with Gasteiger partial charge in [0.05, 0.1) is 10.6 Å². The van der Waals surface area contributed by atoms with E-state index in [9.17, 15) is 23.9 Å². The molecule has 1 aromatic carbocycles. The van der Waals surface area contributed by atoms with Gasteiger partial charge in [0.25, 0.3) is 5.91 Å². The standard InChI is InChI=1S/C19H17ClFN3O5S.Na.H/c1-7-10(12(23-29-7)11-8(20)5-4-6-9(11)21)15(25)22-13-16(26)24-14(18(27)28)19(2,3)30-17(13)24;;/h4-6,13-14,17H,1-3H3,(H,22,25)(H,27,28);;/t13-,14+,17-;;/m1../s1. The Balaban J connectivity index is 0.00000272. The van der Waals surface area contributed by atoms with Crippen LogP contribution >= 0.6 is 23.4 Å². The topological polar surface area (TPSA) is 113 Å². The van der Waals surface area contributed by atoms with Crippen LogP contribution in [0.2, 0.25) is 5.02 Å². The van der Waals surface area contributed by atoms with E-state index in [1.807, 2.05) is 0 Å². The Hall–Kier alpha value is -1.59. The molecule has 12 heteroatoms. The van der Waals surface area contributed by atoms with Gasteiger partial charge in [-0.05, 0) is 32.9 Å². The summed E-state index contributed by atoms with van der Waals surface area (Å²) < 4.78 is 18.7. The van der Waals surface area contributed by atoms with Gasteiger partial charge in [0.1, 0.15) is 40.3 Å². The minimum atomic E-state index is -1.10. The van der Waals surface area contributed by atoms with Gasteiger partial charge < -0.3 is 19.8 Å². The van der Waals surface area contributed by atoms with Gasteiger partial charge in [-0.3, -0.25) is 9.59 Å². The van der Waals surface area contributed by atoms with E-state index in [0.717, 1.165) is 0 Å². The Bertz CT molecular complexity index is 1070. The molecule has 0 spiro atoms. The van der Waals surface area contributed by atoms with Crippen molar-refractivity contribution >= 4 is 70.7 Å². The first kappa shape index (κ1) is 24.1. The first-order valence-corrected chi connectivity index (χ1v) is 10.2. The summed E-state index contributed by atoms with van der Waals surface area (Å²) >= 11 is 7.40. The summed E-state index contributed by atoms with van der Waals surface area (Å²) in [5, 5.41) is 15.4. The van der Waals surface area contributed by atoms with Crippen molar-refractivity contribution in [3.05, 3.63) is 40.4 Å². The van der Waals surface area contributed by atoms with Crippen LogP contribution in [0, 0.1) is 12.7 Å². The third kappa shape index (κ3) is 3.78. The molecule has 160 valence electrons. The maximum atomic E-state index is 14.4. The SMILES string of the molecule is Cc1onc(-c2c(F)cccc2Cl)c1C(=O)N[C@@H]1C(=O)N2[C@@H]1SC(C)(C)[C@@H]2C(=O)O.[NaH]. The summed E-state index contributed by atoms with van der Waals surface area (Å²) in [5.74, 6) is -2.81. The van der Waals surface area contributed by atoms with Crippen molar-refractivity contribution in [3.8, 4) is 11.3 Å². The molecular formula is C19H18ClFN3NaO5S. The predicted octanol–water partition coefficient (Wildman–Crippen LogP) is 2.04. The Kier molecular flexibility index (Phi) is 6.52. The number of carboxylic acid groups (broad SMARTS) is 1. The van der Waals surface area contributed by atoms with E-state index in [1.54, 1.807) is 13.8 Å². The van der Waals surface area contributed by atoms with E-state index >= 15 is 0 Å². The van der Waals surface area contributed by atoms with Crippen LogP contribution in [-0.2, 0) is 9.59 Å². The number of benzene rings is 1. The quantitative estimate of drug-likeness (QED) is 0.512. The number of nitrogens with zero attached hydrogens (tertiary/aromatic N) is 2. The number of carbonyl (C=O) groups excluding carboxylic acids is 2. The molecule has 2 N–H and O–H groups in total. The summed E-state index contributed by atoms with van der Waals surface area (Å²) in [6, 6.07) is 2.17. The number of halogens is 2. The number of β-lactam (4-membered cyclic amide) rings is 1. The molecule has 4 rings (SSSR count). The molecule has 3 heterocycles. The zero-order chi connectivity index (χ0) is 22.0. The number of carboxylic acids is 1. The Morgan fingerprint density at radius 1 is 1.39 bits per heavy atom. The zero-order valence-electron chi connectivity index (χ0n) is 16.1. The molecule has 0 unspecified atom stereocenters. The van der Waals surface area contributed by atoms with Crippen molar-refractivity contribution in [2.45, 2.75) is 43.0 Å². The van der Waals surface area contributed by atoms with Crippen LogP contribution in [0.25, 0.3) is 11.3 Å². The Morgan fingerprint density at radius 3 is 2.68 bits per heavy atom. The molecular weight excluding hydrogens is 460 g/mol. The average Bonchev–Trinajstić information content (AvgIpc) is 3.14. The van der Waals surface area contributed by atoms with Crippen LogP contribution in [0.3, 0.4) is 0 Å². The molecule has 2 saturated heterocycles. The normalized spacial score (nSPS) is 23.6. The van der Waals surface area contributed by atoms with Crippen molar-refractivity contribution in [3.63, 3.8) is 0 Å². The first-order chi connectivity index (χ1) is 14.0. The molecule has 1 aromatic heterocycles. The van der Waals surface area contributed by atoms with E-state index in [0.29, 0.717) is 0 Å². The monoisotopic (exact) mass is 477 g/mol. The second-order valence-corrected chi connectivity index (χ2v) is 9.79. The number of carbonyl (C=O) groups is 3. The molecule has 2 aliphatic rings. The minimum absolute atomic E-state index is 0. The van der Waals surface area contributed by atoms with Crippen LogP contribution in [0.1, 0.15) is 30.0 Å². The number of aliphatic carboxylic acids is 1. The molecule has 0 saturated carbocycles. The van der Waals surface area contributed by atoms with Gasteiger partial charge in [0.2, 0.25) is 5.91 Å². The average molecular weight is 478 g/mol. The van der Waals surface area contributed by atoms with E-state index in [1.165, 1.54) is 41.8 Å². The van der Waals surface area contributed by atoms with E-state index < -0.39 is 45.8 Å². The number of hydrogen-bond acceptors (Lipinski definition) is 6. The molecule has 0 aliphatic carbocycles. The number of thioether (sulfide) groups is 1. The molecule has 31 heavy (non-hydrogen) atoms. The van der Waals surface area contributed by atoms with Gasteiger partial charge >= 0.3 is 35.5 Å². The van der Waals surface area contributed by atoms with E-state index in [2.05, 4.69) is 10.5 Å². The van der Waals surface area contributed by atoms with Gasteiger partial charge in [-0.2, -0.15) is 0 Å². The fourth-order valence-corrected chi connectivity index (χ4v) is 5.77. The van der Waals surface area contributed by atoms with Gasteiger partial charge in [-0.25, -0.2) is 9.18 Å². The van der Waals surface area contributed by atoms with Gasteiger partial charge in [-0.15, -0.1) is 11.8 Å². The number of fused-ring (bicyclic) bond motifs is 1. The third-order valence-corrected chi connectivity index (χ3v) is 7.14. The van der Waals surface area contributed by atoms with Crippen molar-refractivity contribution in [1.29, 1.82) is 0 Å². The number of amides is 2. The fourth-order valence-electron chi connectivity index (χ4n) is 3.89. The summed E-state index contributed by atoms with van der Waals surface area (Å²) in [7, 11) is 0. The second kappa shape index (κ2) is 8.40. The molecule has 8 nitrogen and oxygen atoms in total. The number of hydrogen-bond donors (Lipinski definition) is 2. The van der Waals surface area contributed by atoms with Crippen LogP contribution in [-0.4, -0.2) is 84.7 Å². The summed E-state index contributed by atoms with van der Waals surface area (Å²) in [6.07, 6.45) is 0. The summed E-state index contributed by atoms with van der Waals surface area (Å²) in [5.41, 5.74) is -0.185. The van der Waals surface area contributed by atoms with Gasteiger partial charge in [0.15, 0.2) is 0 Å². The maximum absolute atomic E-state index is 14.4. The van der Waals surface area contributed by atoms with Crippen LogP contribution < -0.4 is 5.32 Å². The number of nitrogens with one attached hydrogen (secondary N) is 1. The van der Waals surface area contributed by atoms with Gasteiger partial charge in [0, 0.05) is 4.75 Å². The van der Waals surface area contributed by atoms with Crippen molar-refractivity contribution in [2.24, 2.45) is 0 Å². The number of aromatic nitrogens is 1. The second-order valence-electron chi connectivity index (χ2n) is 7.61. The third-order valence-electron chi connectivity index (χ3n) is 5.25. The van der Waals surface area contributed by atoms with Crippen LogP contribution in [0.4, 0.5) is 4.39 Å². The molecule has 3 atom stereocenters.